The number of nitrogens with one attached hydrogen (secondary N) is 1. The molecule has 2 rings (SSSR count). The predicted octanol–water partition coefficient (Wildman–Crippen LogP) is 2.73. The molecular formula is C22H25NO5. The summed E-state index contributed by atoms with van der Waals surface area (Å²) < 4.78 is 10.3. The third-order valence-electron chi connectivity index (χ3n) is 4.17. The van der Waals surface area contributed by atoms with Gasteiger partial charge >= 0.3 is 5.97 Å². The largest absolute Gasteiger partial charge is 0.484 e. The van der Waals surface area contributed by atoms with Gasteiger partial charge < -0.3 is 14.8 Å². The third kappa shape index (κ3) is 6.54. The maximum absolute atomic E-state index is 12.4. The number of ether oxygens (including phenoxy) is 2. The van der Waals surface area contributed by atoms with E-state index in [1.807, 2.05) is 38.1 Å². The second kappa shape index (κ2) is 10.9. The maximum atomic E-state index is 12.4. The van der Waals surface area contributed by atoms with E-state index in [-0.39, 0.29) is 25.5 Å². The quantitative estimate of drug-likeness (QED) is 0.504. The Kier molecular flexibility index (Phi) is 8.21. The van der Waals surface area contributed by atoms with E-state index in [0.717, 1.165) is 24.0 Å². The van der Waals surface area contributed by atoms with E-state index in [9.17, 15) is 14.4 Å². The monoisotopic (exact) mass is 383 g/mol. The highest BCUT2D eigenvalue weighted by Gasteiger charge is 2.14. The molecule has 0 saturated carbocycles. The Hall–Kier alpha value is -3.15. The van der Waals surface area contributed by atoms with Gasteiger partial charge in [-0.2, -0.15) is 0 Å². The number of rotatable bonds is 10. The van der Waals surface area contributed by atoms with Gasteiger partial charge in [-0.3, -0.25) is 14.4 Å². The summed E-state index contributed by atoms with van der Waals surface area (Å²) in [6.45, 7) is 3.10. The zero-order valence-electron chi connectivity index (χ0n) is 16.2. The van der Waals surface area contributed by atoms with Gasteiger partial charge in [-0.15, -0.1) is 0 Å². The first kappa shape index (κ1) is 21.2. The number of ketones is 1. The third-order valence-corrected chi connectivity index (χ3v) is 4.17. The Morgan fingerprint density at radius 2 is 1.68 bits per heavy atom. The molecule has 6 nitrogen and oxygen atoms in total. The SMILES string of the molecule is CCc1ccc(CC)c(C(=O)COC(=O)CNC(=O)COc2ccccc2)c1. The minimum absolute atomic E-state index is 0.208. The van der Waals surface area contributed by atoms with Crippen LogP contribution in [0.1, 0.15) is 35.3 Å². The number of benzene rings is 2. The van der Waals surface area contributed by atoms with E-state index in [1.54, 1.807) is 24.3 Å². The lowest BCUT2D eigenvalue weighted by atomic mass is 9.98. The summed E-state index contributed by atoms with van der Waals surface area (Å²) in [6, 6.07) is 14.7. The van der Waals surface area contributed by atoms with Crippen LogP contribution in [0.15, 0.2) is 48.5 Å². The number of hydrogen-bond acceptors (Lipinski definition) is 5. The summed E-state index contributed by atoms with van der Waals surface area (Å²) in [6.07, 6.45) is 1.54. The molecule has 0 aliphatic heterocycles. The molecule has 2 aromatic rings. The molecule has 0 saturated heterocycles. The van der Waals surface area contributed by atoms with Gasteiger partial charge in [0.05, 0.1) is 0 Å². The van der Waals surface area contributed by atoms with E-state index in [1.165, 1.54) is 0 Å². The van der Waals surface area contributed by atoms with Gasteiger partial charge in [0.2, 0.25) is 5.78 Å². The lowest BCUT2D eigenvalue weighted by molar-refractivity contribution is -0.143. The topological polar surface area (TPSA) is 81.7 Å². The van der Waals surface area contributed by atoms with Crippen molar-refractivity contribution in [1.82, 2.24) is 5.32 Å². The fourth-order valence-electron chi connectivity index (χ4n) is 2.57. The molecule has 28 heavy (non-hydrogen) atoms. The van der Waals surface area contributed by atoms with Crippen molar-refractivity contribution in [2.45, 2.75) is 26.7 Å². The second-order valence-electron chi connectivity index (χ2n) is 6.16. The molecule has 0 bridgehead atoms. The second-order valence-corrected chi connectivity index (χ2v) is 6.16. The first-order valence-corrected chi connectivity index (χ1v) is 9.28. The van der Waals surface area contributed by atoms with Crippen LogP contribution in [-0.2, 0) is 27.2 Å². The number of carbonyl (C=O) groups is 3. The van der Waals surface area contributed by atoms with Crippen LogP contribution < -0.4 is 10.1 Å². The van der Waals surface area contributed by atoms with Crippen LogP contribution in [0.4, 0.5) is 0 Å². The van der Waals surface area contributed by atoms with Gasteiger partial charge in [0.1, 0.15) is 12.3 Å². The van der Waals surface area contributed by atoms with Crippen LogP contribution in [-0.4, -0.2) is 37.4 Å². The Labute approximate surface area is 164 Å². The molecule has 1 amide bonds. The summed E-state index contributed by atoms with van der Waals surface area (Å²) in [4.78, 5) is 35.9. The highest BCUT2D eigenvalue weighted by atomic mass is 16.5. The van der Waals surface area contributed by atoms with Gasteiger partial charge in [0.15, 0.2) is 13.2 Å². The Morgan fingerprint density at radius 3 is 2.36 bits per heavy atom. The van der Waals surface area contributed by atoms with Crippen LogP contribution in [0.25, 0.3) is 0 Å². The molecule has 0 fully saturated rings. The van der Waals surface area contributed by atoms with Gasteiger partial charge in [-0.1, -0.05) is 44.2 Å². The number of esters is 1. The standard InChI is InChI=1S/C22H25NO5/c1-3-16-10-11-17(4-2)19(12-16)20(24)14-28-22(26)13-23-21(25)15-27-18-8-6-5-7-9-18/h5-12H,3-4,13-15H2,1-2H3,(H,23,25). The molecule has 2 aromatic carbocycles. The number of hydrogen-bond donors (Lipinski definition) is 1. The summed E-state index contributed by atoms with van der Waals surface area (Å²) in [5.41, 5.74) is 2.55. The normalized spacial score (nSPS) is 10.2. The van der Waals surface area contributed by atoms with Crippen molar-refractivity contribution < 1.29 is 23.9 Å². The Morgan fingerprint density at radius 1 is 0.929 bits per heavy atom. The molecule has 0 radical (unpaired) electrons. The zero-order chi connectivity index (χ0) is 20.4. The first-order valence-electron chi connectivity index (χ1n) is 9.28. The van der Waals surface area contributed by atoms with Crippen LogP contribution in [0.5, 0.6) is 5.75 Å². The van der Waals surface area contributed by atoms with Crippen molar-refractivity contribution in [3.63, 3.8) is 0 Å². The van der Waals surface area contributed by atoms with Crippen molar-refractivity contribution in [2.24, 2.45) is 0 Å². The molecule has 0 spiro atoms. The molecular weight excluding hydrogens is 358 g/mol. The van der Waals surface area contributed by atoms with Crippen LogP contribution in [0, 0.1) is 0 Å². The smallest absolute Gasteiger partial charge is 0.325 e. The fourth-order valence-corrected chi connectivity index (χ4v) is 2.57. The van der Waals surface area contributed by atoms with E-state index in [2.05, 4.69) is 5.32 Å². The van der Waals surface area contributed by atoms with Gasteiger partial charge in [-0.05, 0) is 42.2 Å². The lowest BCUT2D eigenvalue weighted by Crippen LogP contribution is -2.34. The molecule has 0 heterocycles. The van der Waals surface area contributed by atoms with Crippen molar-refractivity contribution in [3.05, 3.63) is 65.2 Å². The van der Waals surface area contributed by atoms with Crippen molar-refractivity contribution in [2.75, 3.05) is 19.8 Å². The lowest BCUT2D eigenvalue weighted by Gasteiger charge is -2.10. The van der Waals surface area contributed by atoms with E-state index in [4.69, 9.17) is 9.47 Å². The average molecular weight is 383 g/mol. The molecule has 0 unspecified atom stereocenters. The molecule has 0 atom stereocenters. The highest BCUT2D eigenvalue weighted by Crippen LogP contribution is 2.14. The molecule has 6 heteroatoms. The molecule has 0 aromatic heterocycles. The van der Waals surface area contributed by atoms with Crippen molar-refractivity contribution >= 4 is 17.7 Å². The number of para-hydroxylation sites is 1. The fraction of sp³-hybridized carbons (Fsp3) is 0.318. The zero-order valence-corrected chi connectivity index (χ0v) is 16.2. The first-order chi connectivity index (χ1) is 13.5. The highest BCUT2D eigenvalue weighted by molar-refractivity contribution is 5.99. The summed E-state index contributed by atoms with van der Waals surface area (Å²) >= 11 is 0. The predicted molar refractivity (Wildman–Crippen MR) is 105 cm³/mol. The number of Topliss-reactive ketones (excluding diaryl/α,β-unsaturated/α-hetero) is 1. The van der Waals surface area contributed by atoms with Crippen LogP contribution >= 0.6 is 0 Å². The van der Waals surface area contributed by atoms with Crippen LogP contribution in [0.2, 0.25) is 0 Å². The van der Waals surface area contributed by atoms with Crippen molar-refractivity contribution in [1.29, 1.82) is 0 Å². The number of carbonyl (C=O) groups excluding carboxylic acids is 3. The van der Waals surface area contributed by atoms with Crippen molar-refractivity contribution in [3.8, 4) is 5.75 Å². The summed E-state index contributed by atoms with van der Waals surface area (Å²) in [5, 5.41) is 2.41. The minimum atomic E-state index is -0.675. The van der Waals surface area contributed by atoms with Gasteiger partial charge in [-0.25, -0.2) is 0 Å². The van der Waals surface area contributed by atoms with E-state index >= 15 is 0 Å². The molecule has 0 aliphatic carbocycles. The van der Waals surface area contributed by atoms with Crippen LogP contribution in [0.3, 0.4) is 0 Å². The molecule has 148 valence electrons. The molecule has 1 N–H and O–H groups in total. The Bertz CT molecular complexity index is 817. The minimum Gasteiger partial charge on any atom is -0.484 e. The number of aryl methyl sites for hydroxylation is 2. The van der Waals surface area contributed by atoms with E-state index < -0.39 is 11.9 Å². The van der Waals surface area contributed by atoms with Gasteiger partial charge in [0, 0.05) is 5.56 Å². The summed E-state index contributed by atoms with van der Waals surface area (Å²) in [7, 11) is 0. The Balaban J connectivity index is 1.76. The summed E-state index contributed by atoms with van der Waals surface area (Å²) in [5.74, 6) is -0.812. The number of amides is 1. The average Bonchev–Trinajstić information content (AvgIpc) is 2.74. The van der Waals surface area contributed by atoms with Gasteiger partial charge in [0.25, 0.3) is 5.91 Å². The molecule has 0 aliphatic rings. The van der Waals surface area contributed by atoms with E-state index in [0.29, 0.717) is 11.3 Å². The maximum Gasteiger partial charge on any atom is 0.325 e.